The van der Waals surface area contributed by atoms with Gasteiger partial charge in [-0.25, -0.2) is 13.8 Å². The van der Waals surface area contributed by atoms with Crippen molar-refractivity contribution in [1.29, 1.82) is 0 Å². The van der Waals surface area contributed by atoms with Gasteiger partial charge in [0.25, 0.3) is 5.56 Å². The molecular formula is C23H27FN3O9P. The summed E-state index contributed by atoms with van der Waals surface area (Å²) in [5.41, 5.74) is -6.01. The van der Waals surface area contributed by atoms with E-state index in [0.29, 0.717) is 0 Å². The molecule has 0 spiro atoms. The Balaban J connectivity index is 1.62. The summed E-state index contributed by atoms with van der Waals surface area (Å²) in [6.45, 7) is 8.23. The lowest BCUT2D eigenvalue weighted by molar-refractivity contribution is -0.149. The summed E-state index contributed by atoms with van der Waals surface area (Å²) in [4.78, 5) is 37.9. The third-order valence-electron chi connectivity index (χ3n) is 6.02. The quantitative estimate of drug-likeness (QED) is 0.230. The predicted molar refractivity (Wildman–Crippen MR) is 128 cm³/mol. The first-order chi connectivity index (χ1) is 17.4. The Morgan fingerprint density at radius 3 is 2.54 bits per heavy atom. The number of fused-ring (bicyclic) bond motifs is 1. The number of hydrogen-bond donors (Lipinski definition) is 3. The van der Waals surface area contributed by atoms with Crippen molar-refractivity contribution in [2.24, 2.45) is 0 Å². The number of ether oxygens (including phenoxy) is 2. The SMILES string of the molecule is C=C[C@]12O[C@@H](n3ccc(=O)[nH]c3=O)[C@H](F)[C@@]1(O)C2OP(=O)(NC(C)C(=O)OC(C)C)Oc1ccccc1. The number of aromatic nitrogens is 2. The van der Waals surface area contributed by atoms with Gasteiger partial charge in [-0.3, -0.25) is 23.7 Å². The summed E-state index contributed by atoms with van der Waals surface area (Å²) in [7, 11) is -4.50. The molecule has 200 valence electrons. The number of carbonyl (C=O) groups is 1. The number of para-hydroxylation sites is 1. The molecule has 1 saturated heterocycles. The van der Waals surface area contributed by atoms with Crippen LogP contribution in [-0.2, 0) is 23.4 Å². The van der Waals surface area contributed by atoms with Gasteiger partial charge in [-0.15, -0.1) is 6.58 Å². The maximum absolute atomic E-state index is 15.6. The van der Waals surface area contributed by atoms with Crippen molar-refractivity contribution in [2.45, 2.75) is 62.6 Å². The molecule has 1 aliphatic carbocycles. The van der Waals surface area contributed by atoms with E-state index in [1.807, 2.05) is 4.98 Å². The molecule has 2 heterocycles. The van der Waals surface area contributed by atoms with Gasteiger partial charge < -0.3 is 19.1 Å². The molecule has 3 unspecified atom stereocenters. The van der Waals surface area contributed by atoms with Crippen molar-refractivity contribution in [3.05, 3.63) is 76.1 Å². The molecule has 2 aromatic rings. The summed E-state index contributed by atoms with van der Waals surface area (Å²) < 4.78 is 52.2. The molecule has 12 nitrogen and oxygen atoms in total. The zero-order valence-corrected chi connectivity index (χ0v) is 21.1. The summed E-state index contributed by atoms with van der Waals surface area (Å²) in [6.07, 6.45) is -3.87. The van der Waals surface area contributed by atoms with Gasteiger partial charge in [0.1, 0.15) is 17.9 Å². The normalized spacial score (nSPS) is 30.7. The van der Waals surface area contributed by atoms with Crippen molar-refractivity contribution in [3.8, 4) is 5.75 Å². The Hall–Kier alpha value is -3.09. The van der Waals surface area contributed by atoms with Gasteiger partial charge in [-0.2, -0.15) is 5.09 Å². The molecule has 0 amide bonds. The van der Waals surface area contributed by atoms with Crippen molar-refractivity contribution in [2.75, 3.05) is 0 Å². The van der Waals surface area contributed by atoms with Crippen LogP contribution in [0.5, 0.6) is 5.75 Å². The Morgan fingerprint density at radius 1 is 1.30 bits per heavy atom. The lowest BCUT2D eigenvalue weighted by Gasteiger charge is -2.27. The summed E-state index contributed by atoms with van der Waals surface area (Å²) in [6, 6.07) is 7.67. The van der Waals surface area contributed by atoms with Crippen LogP contribution in [0.1, 0.15) is 27.0 Å². The molecule has 1 aromatic carbocycles. The number of aromatic amines is 1. The van der Waals surface area contributed by atoms with Crippen LogP contribution in [0.15, 0.2) is 64.8 Å². The molecule has 1 saturated carbocycles. The van der Waals surface area contributed by atoms with E-state index in [4.69, 9.17) is 18.5 Å². The summed E-state index contributed by atoms with van der Waals surface area (Å²) in [5, 5.41) is 13.7. The first-order valence-corrected chi connectivity index (χ1v) is 12.9. The van der Waals surface area contributed by atoms with Gasteiger partial charge in [0, 0.05) is 12.3 Å². The van der Waals surface area contributed by atoms with Crippen molar-refractivity contribution >= 4 is 13.7 Å². The molecule has 1 aliphatic heterocycles. The largest absolute Gasteiger partial charge is 0.462 e. The van der Waals surface area contributed by atoms with Crippen LogP contribution in [-0.4, -0.2) is 56.3 Å². The van der Waals surface area contributed by atoms with Crippen LogP contribution in [0.3, 0.4) is 0 Å². The average molecular weight is 539 g/mol. The molecule has 3 N–H and O–H groups in total. The highest BCUT2D eigenvalue weighted by atomic mass is 31.2. The number of hydrogen-bond acceptors (Lipinski definition) is 9. The molecule has 37 heavy (non-hydrogen) atoms. The topological polar surface area (TPSA) is 158 Å². The monoisotopic (exact) mass is 539 g/mol. The third-order valence-corrected chi connectivity index (χ3v) is 7.66. The highest BCUT2D eigenvalue weighted by molar-refractivity contribution is 7.52. The molecule has 2 aliphatic rings. The number of benzene rings is 1. The van der Waals surface area contributed by atoms with Gasteiger partial charge >= 0.3 is 19.4 Å². The van der Waals surface area contributed by atoms with Crippen LogP contribution in [0.4, 0.5) is 4.39 Å². The number of halogens is 1. The maximum Gasteiger partial charge on any atom is 0.459 e. The van der Waals surface area contributed by atoms with E-state index in [0.717, 1.165) is 22.9 Å². The highest BCUT2D eigenvalue weighted by Crippen LogP contribution is 2.68. The van der Waals surface area contributed by atoms with Crippen LogP contribution in [0, 0.1) is 0 Å². The fraction of sp³-hybridized carbons (Fsp3) is 0.435. The first-order valence-electron chi connectivity index (χ1n) is 11.4. The molecule has 0 radical (unpaired) electrons. The Labute approximate surface area is 210 Å². The Kier molecular flexibility index (Phi) is 7.04. The van der Waals surface area contributed by atoms with E-state index in [-0.39, 0.29) is 5.75 Å². The van der Waals surface area contributed by atoms with Crippen molar-refractivity contribution in [3.63, 3.8) is 0 Å². The first kappa shape index (κ1) is 27.0. The number of esters is 1. The molecule has 0 bridgehead atoms. The maximum atomic E-state index is 15.6. The minimum absolute atomic E-state index is 0.101. The zero-order valence-electron chi connectivity index (χ0n) is 20.2. The van der Waals surface area contributed by atoms with E-state index >= 15 is 4.39 Å². The number of nitrogens with zero attached hydrogens (tertiary/aromatic N) is 1. The van der Waals surface area contributed by atoms with E-state index < -0.39 is 66.8 Å². The van der Waals surface area contributed by atoms with E-state index in [9.17, 15) is 24.1 Å². The lowest BCUT2D eigenvalue weighted by Crippen LogP contribution is -2.41. The van der Waals surface area contributed by atoms with E-state index in [1.165, 1.54) is 19.1 Å². The van der Waals surface area contributed by atoms with Gasteiger partial charge in [0.15, 0.2) is 23.6 Å². The van der Waals surface area contributed by atoms with Gasteiger partial charge in [0.2, 0.25) is 0 Å². The second-order valence-corrected chi connectivity index (χ2v) is 10.6. The zero-order chi connectivity index (χ0) is 27.2. The van der Waals surface area contributed by atoms with Crippen LogP contribution in [0.2, 0.25) is 0 Å². The molecule has 1 aromatic heterocycles. The van der Waals surface area contributed by atoms with E-state index in [2.05, 4.69) is 11.7 Å². The predicted octanol–water partition coefficient (Wildman–Crippen LogP) is 1.57. The Morgan fingerprint density at radius 2 is 1.97 bits per heavy atom. The smallest absolute Gasteiger partial charge is 0.459 e. The number of aliphatic hydroxyl groups is 1. The fourth-order valence-electron chi connectivity index (χ4n) is 4.20. The molecule has 2 fully saturated rings. The second kappa shape index (κ2) is 9.66. The number of H-pyrrole nitrogens is 1. The highest BCUT2D eigenvalue weighted by Gasteiger charge is 2.89. The Bertz CT molecular complexity index is 1350. The third kappa shape index (κ3) is 4.69. The van der Waals surface area contributed by atoms with Crippen LogP contribution >= 0.6 is 7.75 Å². The van der Waals surface area contributed by atoms with Gasteiger partial charge in [-0.1, -0.05) is 24.3 Å². The summed E-state index contributed by atoms with van der Waals surface area (Å²) >= 11 is 0. The molecular weight excluding hydrogens is 512 g/mol. The lowest BCUT2D eigenvalue weighted by atomic mass is 10.1. The van der Waals surface area contributed by atoms with Crippen molar-refractivity contribution in [1.82, 2.24) is 14.6 Å². The van der Waals surface area contributed by atoms with Crippen molar-refractivity contribution < 1.29 is 37.4 Å². The average Bonchev–Trinajstić information content (AvgIpc) is 3.22. The van der Waals surface area contributed by atoms with Gasteiger partial charge in [-0.05, 0) is 32.9 Å². The second-order valence-electron chi connectivity index (χ2n) is 8.97. The molecule has 14 heteroatoms. The number of alkyl halides is 1. The molecule has 7 atom stereocenters. The number of rotatable bonds is 10. The standard InChI is InChI=1S/C23H27FN3O9P/c1-5-22-20(23(22,31)17(24)18(34-22)27-12-11-16(28)25-21(27)30)36-37(32,35-15-9-7-6-8-10-15)26-14(4)19(29)33-13(2)3/h5-14,17-18,20,31H,1H2,2-4H3,(H,26,32)(H,25,28,30)/t14?,17-,18+,20?,22+,23+,37?/m0/s1. The minimum atomic E-state index is -4.50. The number of carbonyl (C=O) groups excluding carboxylic acids is 1. The van der Waals surface area contributed by atoms with E-state index in [1.54, 1.807) is 32.0 Å². The molecule has 4 rings (SSSR count). The summed E-state index contributed by atoms with van der Waals surface area (Å²) in [5.74, 6) is -0.649. The minimum Gasteiger partial charge on any atom is -0.462 e. The number of nitrogens with one attached hydrogen (secondary N) is 2. The fourth-order valence-corrected chi connectivity index (χ4v) is 5.93. The van der Waals surface area contributed by atoms with Crippen LogP contribution in [0.25, 0.3) is 0 Å². The van der Waals surface area contributed by atoms with Crippen LogP contribution < -0.4 is 20.9 Å². The van der Waals surface area contributed by atoms with Gasteiger partial charge in [0.05, 0.1) is 6.10 Å².